The lowest BCUT2D eigenvalue weighted by atomic mass is 9.67. The number of amides is 1. The van der Waals surface area contributed by atoms with E-state index in [1.165, 1.54) is 0 Å². The standard InChI is InChI=1S/C13H24N2O2/c1-15(10-5-2-3-6-11(10)16)12(17)13(9-14)7-4-8-13/h10-11,16H,2-9,14H2,1H3. The van der Waals surface area contributed by atoms with Crippen molar-refractivity contribution in [2.45, 2.75) is 57.1 Å². The third kappa shape index (κ3) is 2.20. The van der Waals surface area contributed by atoms with E-state index in [2.05, 4.69) is 0 Å². The highest BCUT2D eigenvalue weighted by Crippen LogP contribution is 2.42. The van der Waals surface area contributed by atoms with Crippen molar-refractivity contribution in [3.05, 3.63) is 0 Å². The average molecular weight is 240 g/mol. The number of nitrogens with two attached hydrogens (primary N) is 1. The maximum Gasteiger partial charge on any atom is 0.230 e. The van der Waals surface area contributed by atoms with Crippen LogP contribution < -0.4 is 5.73 Å². The van der Waals surface area contributed by atoms with Crippen molar-refractivity contribution in [2.24, 2.45) is 11.1 Å². The van der Waals surface area contributed by atoms with Crippen LogP contribution in [-0.2, 0) is 4.79 Å². The molecular formula is C13H24N2O2. The summed E-state index contributed by atoms with van der Waals surface area (Å²) in [4.78, 5) is 14.2. The fourth-order valence-corrected chi connectivity index (χ4v) is 3.18. The fraction of sp³-hybridized carbons (Fsp3) is 0.923. The van der Waals surface area contributed by atoms with Crippen molar-refractivity contribution in [1.82, 2.24) is 4.90 Å². The van der Waals surface area contributed by atoms with Crippen molar-refractivity contribution in [1.29, 1.82) is 0 Å². The van der Waals surface area contributed by atoms with E-state index in [4.69, 9.17) is 5.73 Å². The summed E-state index contributed by atoms with van der Waals surface area (Å²) in [5.41, 5.74) is 5.45. The summed E-state index contributed by atoms with van der Waals surface area (Å²) in [5.74, 6) is 0.150. The van der Waals surface area contributed by atoms with Gasteiger partial charge in [-0.15, -0.1) is 0 Å². The Bertz CT molecular complexity index is 284. The first-order valence-electron chi connectivity index (χ1n) is 6.76. The SMILES string of the molecule is CN(C(=O)C1(CN)CCC1)C1CCCCC1O. The van der Waals surface area contributed by atoms with Crippen LogP contribution in [-0.4, -0.2) is 41.7 Å². The maximum absolute atomic E-state index is 12.5. The van der Waals surface area contributed by atoms with E-state index in [1.54, 1.807) is 4.90 Å². The quantitative estimate of drug-likeness (QED) is 0.769. The van der Waals surface area contributed by atoms with E-state index in [9.17, 15) is 9.90 Å². The molecule has 2 fully saturated rings. The summed E-state index contributed by atoms with van der Waals surface area (Å²) in [6, 6.07) is 0.000255. The topological polar surface area (TPSA) is 66.6 Å². The van der Waals surface area contributed by atoms with E-state index >= 15 is 0 Å². The first-order valence-corrected chi connectivity index (χ1v) is 6.76. The zero-order valence-corrected chi connectivity index (χ0v) is 10.7. The van der Waals surface area contributed by atoms with Crippen LogP contribution in [0.2, 0.25) is 0 Å². The van der Waals surface area contributed by atoms with Crippen molar-refractivity contribution < 1.29 is 9.90 Å². The van der Waals surface area contributed by atoms with E-state index in [0.29, 0.717) is 6.54 Å². The predicted molar refractivity (Wildman–Crippen MR) is 66.4 cm³/mol. The molecule has 2 rings (SSSR count). The number of hydrogen-bond donors (Lipinski definition) is 2. The number of nitrogens with zero attached hydrogens (tertiary/aromatic N) is 1. The van der Waals surface area contributed by atoms with Crippen molar-refractivity contribution in [3.63, 3.8) is 0 Å². The van der Waals surface area contributed by atoms with E-state index in [1.807, 2.05) is 7.05 Å². The molecule has 0 radical (unpaired) electrons. The third-order valence-corrected chi connectivity index (χ3v) is 4.67. The number of likely N-dealkylation sites (N-methyl/N-ethyl adjacent to an activating group) is 1. The Kier molecular flexibility index (Phi) is 3.73. The van der Waals surface area contributed by atoms with Gasteiger partial charge < -0.3 is 15.7 Å². The van der Waals surface area contributed by atoms with Gasteiger partial charge in [0.15, 0.2) is 0 Å². The zero-order chi connectivity index (χ0) is 12.5. The lowest BCUT2D eigenvalue weighted by Crippen LogP contribution is -2.56. The minimum absolute atomic E-state index is 0.000255. The van der Waals surface area contributed by atoms with Crippen LogP contribution in [0.1, 0.15) is 44.9 Å². The highest BCUT2D eigenvalue weighted by Gasteiger charge is 2.46. The van der Waals surface area contributed by atoms with Gasteiger partial charge in [-0.05, 0) is 25.7 Å². The second kappa shape index (κ2) is 4.94. The summed E-state index contributed by atoms with van der Waals surface area (Å²) >= 11 is 0. The van der Waals surface area contributed by atoms with E-state index < -0.39 is 0 Å². The van der Waals surface area contributed by atoms with Crippen molar-refractivity contribution >= 4 is 5.91 Å². The van der Waals surface area contributed by atoms with Gasteiger partial charge in [-0.25, -0.2) is 0 Å². The summed E-state index contributed by atoms with van der Waals surface area (Å²) < 4.78 is 0. The second-order valence-corrected chi connectivity index (χ2v) is 5.67. The van der Waals surface area contributed by atoms with Gasteiger partial charge in [-0.1, -0.05) is 19.3 Å². The number of aliphatic hydroxyl groups is 1. The number of carbonyl (C=O) groups is 1. The Morgan fingerprint density at radius 1 is 1.35 bits per heavy atom. The molecular weight excluding hydrogens is 216 g/mol. The minimum atomic E-state index is -0.354. The van der Waals surface area contributed by atoms with Gasteiger partial charge in [-0.2, -0.15) is 0 Å². The first-order chi connectivity index (χ1) is 8.10. The Morgan fingerprint density at radius 3 is 2.47 bits per heavy atom. The van der Waals surface area contributed by atoms with Gasteiger partial charge in [0.05, 0.1) is 17.6 Å². The van der Waals surface area contributed by atoms with Crippen LogP contribution in [0, 0.1) is 5.41 Å². The molecule has 4 heteroatoms. The van der Waals surface area contributed by atoms with Gasteiger partial charge >= 0.3 is 0 Å². The molecule has 2 saturated carbocycles. The first kappa shape index (κ1) is 12.8. The zero-order valence-electron chi connectivity index (χ0n) is 10.7. The van der Waals surface area contributed by atoms with Crippen LogP contribution >= 0.6 is 0 Å². The number of carbonyl (C=O) groups excluding carboxylic acids is 1. The normalized spacial score (nSPS) is 31.7. The number of rotatable bonds is 3. The molecule has 0 saturated heterocycles. The molecule has 0 aliphatic heterocycles. The molecule has 2 aliphatic carbocycles. The lowest BCUT2D eigenvalue weighted by Gasteiger charge is -2.45. The van der Waals surface area contributed by atoms with Crippen molar-refractivity contribution in [3.8, 4) is 0 Å². The monoisotopic (exact) mass is 240 g/mol. The molecule has 2 atom stereocenters. The second-order valence-electron chi connectivity index (χ2n) is 5.67. The molecule has 4 nitrogen and oxygen atoms in total. The van der Waals surface area contributed by atoms with Crippen LogP contribution in [0.3, 0.4) is 0 Å². The van der Waals surface area contributed by atoms with Crippen LogP contribution in [0.25, 0.3) is 0 Å². The van der Waals surface area contributed by atoms with E-state index in [0.717, 1.165) is 44.9 Å². The molecule has 17 heavy (non-hydrogen) atoms. The van der Waals surface area contributed by atoms with Crippen LogP contribution in [0.4, 0.5) is 0 Å². The molecule has 0 aromatic rings. The molecule has 0 bridgehead atoms. The molecule has 0 heterocycles. The minimum Gasteiger partial charge on any atom is -0.391 e. The van der Waals surface area contributed by atoms with E-state index in [-0.39, 0.29) is 23.5 Å². The summed E-state index contributed by atoms with van der Waals surface area (Å²) in [6.45, 7) is 0.443. The Morgan fingerprint density at radius 2 is 2.00 bits per heavy atom. The van der Waals surface area contributed by atoms with Gasteiger partial charge in [0.1, 0.15) is 0 Å². The molecule has 0 spiro atoms. The highest BCUT2D eigenvalue weighted by molar-refractivity contribution is 5.84. The average Bonchev–Trinajstić information content (AvgIpc) is 2.28. The summed E-state index contributed by atoms with van der Waals surface area (Å²) in [5, 5.41) is 9.99. The van der Waals surface area contributed by atoms with Crippen LogP contribution in [0.5, 0.6) is 0 Å². The molecule has 98 valence electrons. The molecule has 2 unspecified atom stereocenters. The lowest BCUT2D eigenvalue weighted by molar-refractivity contribution is -0.151. The highest BCUT2D eigenvalue weighted by atomic mass is 16.3. The van der Waals surface area contributed by atoms with Gasteiger partial charge in [0.25, 0.3) is 0 Å². The fourth-order valence-electron chi connectivity index (χ4n) is 3.18. The molecule has 1 amide bonds. The number of hydrogen-bond acceptors (Lipinski definition) is 3. The predicted octanol–water partition coefficient (Wildman–Crippen LogP) is 0.877. The third-order valence-electron chi connectivity index (χ3n) is 4.67. The van der Waals surface area contributed by atoms with Crippen molar-refractivity contribution in [2.75, 3.05) is 13.6 Å². The maximum atomic E-state index is 12.5. The van der Waals surface area contributed by atoms with Gasteiger partial charge in [0.2, 0.25) is 5.91 Å². The van der Waals surface area contributed by atoms with Crippen LogP contribution in [0.15, 0.2) is 0 Å². The Hall–Kier alpha value is -0.610. The molecule has 2 aliphatic rings. The summed E-state index contributed by atoms with van der Waals surface area (Å²) in [6.07, 6.45) is 6.49. The molecule has 0 aromatic heterocycles. The van der Waals surface area contributed by atoms with Gasteiger partial charge in [-0.3, -0.25) is 4.79 Å². The largest absolute Gasteiger partial charge is 0.391 e. The molecule has 3 N–H and O–H groups in total. The Labute approximate surface area is 103 Å². The van der Waals surface area contributed by atoms with Gasteiger partial charge in [0, 0.05) is 13.6 Å². The number of aliphatic hydroxyl groups excluding tert-OH is 1. The molecule has 0 aromatic carbocycles. The summed E-state index contributed by atoms with van der Waals surface area (Å²) in [7, 11) is 1.83. The Balaban J connectivity index is 2.03. The smallest absolute Gasteiger partial charge is 0.230 e.